The molecule has 0 radical (unpaired) electrons. The van der Waals surface area contributed by atoms with Crippen molar-refractivity contribution in [1.29, 1.82) is 0 Å². The molecule has 18 heteroatoms. The molecule has 1 aliphatic heterocycles. The zero-order valence-corrected chi connectivity index (χ0v) is 36.5. The van der Waals surface area contributed by atoms with Gasteiger partial charge in [-0.2, -0.15) is 0 Å². The number of aliphatic hydroxyl groups is 1. The van der Waals surface area contributed by atoms with Crippen LogP contribution in [0, 0.1) is 17.5 Å². The number of carbonyl (C=O) groups excluding carboxylic acids is 6. The standard InChI is InChI=1S/C17H21FO5.C16H20BrFO4.C9H5FO5/c1-16(2,3)22-14(20)11-8-13(18)12(7-10(11)9-19)15(21)23-17(4,5)6;1-15(2,3)21-13(19)9-8-12(18)10(7-11(9)17)14(20)22-16(4,5)6;10-6-2-4-3(1-5(6)7(11)12)8(13)15-9(4)14/h7-9H,1-6H3;7-8H,1-6H3;1-2,8,13H,(H,11,12). The average molecular weight is 912 g/mol. The molecular weight excluding hydrogens is 865 g/mol. The van der Waals surface area contributed by atoms with Crippen LogP contribution in [0.2, 0.25) is 0 Å². The van der Waals surface area contributed by atoms with Gasteiger partial charge in [-0.15, -0.1) is 0 Å². The fourth-order valence-corrected chi connectivity index (χ4v) is 5.08. The number of rotatable bonds is 6. The molecule has 0 aliphatic carbocycles. The van der Waals surface area contributed by atoms with Crippen molar-refractivity contribution in [1.82, 2.24) is 0 Å². The highest BCUT2D eigenvalue weighted by molar-refractivity contribution is 9.10. The number of carboxylic acid groups (broad SMARTS) is 1. The van der Waals surface area contributed by atoms with Crippen LogP contribution in [0.3, 0.4) is 0 Å². The van der Waals surface area contributed by atoms with Gasteiger partial charge in [0, 0.05) is 15.6 Å². The number of carboxylic acids is 1. The molecular formula is C42H46BrF3O14. The number of aliphatic hydroxyl groups excluding tert-OH is 1. The minimum Gasteiger partial charge on any atom is -0.478 e. The van der Waals surface area contributed by atoms with E-state index in [1.807, 2.05) is 0 Å². The van der Waals surface area contributed by atoms with Crippen molar-refractivity contribution in [2.45, 2.75) is 112 Å². The maximum atomic E-state index is 14.2. The Balaban J connectivity index is 0.000000316. The highest BCUT2D eigenvalue weighted by Crippen LogP contribution is 2.31. The second-order valence-corrected chi connectivity index (χ2v) is 17.7. The van der Waals surface area contributed by atoms with Crippen LogP contribution in [0.1, 0.15) is 167 Å². The van der Waals surface area contributed by atoms with Crippen LogP contribution in [0.4, 0.5) is 13.2 Å². The number of aldehydes is 1. The lowest BCUT2D eigenvalue weighted by atomic mass is 10.0. The Labute approximate surface area is 352 Å². The summed E-state index contributed by atoms with van der Waals surface area (Å²) in [4.78, 5) is 80.7. The minimum absolute atomic E-state index is 0.0136. The third-order valence-electron chi connectivity index (χ3n) is 6.87. The summed E-state index contributed by atoms with van der Waals surface area (Å²) in [5.74, 6) is -8.37. The number of esters is 5. The normalized spacial score (nSPS) is 13.6. The summed E-state index contributed by atoms with van der Waals surface area (Å²) in [6.07, 6.45) is -1.15. The second kappa shape index (κ2) is 19.2. The van der Waals surface area contributed by atoms with E-state index in [1.54, 1.807) is 83.1 Å². The molecule has 4 rings (SSSR count). The topological polar surface area (TPSA) is 206 Å². The zero-order valence-electron chi connectivity index (χ0n) is 34.9. The SMILES string of the molecule is CC(C)(C)OC(=O)c1cc(Br)c(C(=O)OC(C)(C)C)cc1F.CC(C)(C)OC(=O)c1cc(C=O)c(C(=O)OC(C)(C)C)cc1F.O=C(O)c1cc2c(cc1F)C(=O)OC2O. The summed E-state index contributed by atoms with van der Waals surface area (Å²) in [7, 11) is 0. The van der Waals surface area contributed by atoms with Crippen molar-refractivity contribution in [3.05, 3.63) is 103 Å². The van der Waals surface area contributed by atoms with Gasteiger partial charge in [-0.3, -0.25) is 4.79 Å². The summed E-state index contributed by atoms with van der Waals surface area (Å²) >= 11 is 3.16. The first-order chi connectivity index (χ1) is 27.1. The summed E-state index contributed by atoms with van der Waals surface area (Å²) in [6.45, 7) is 20.1. The van der Waals surface area contributed by atoms with Crippen LogP contribution < -0.4 is 0 Å². The quantitative estimate of drug-likeness (QED) is 0.135. The third kappa shape index (κ3) is 14.9. The van der Waals surface area contributed by atoms with Crippen LogP contribution >= 0.6 is 15.9 Å². The van der Waals surface area contributed by atoms with Crippen LogP contribution in [0.25, 0.3) is 0 Å². The molecule has 0 amide bonds. The summed E-state index contributed by atoms with van der Waals surface area (Å²) in [5.41, 5.74) is -4.83. The average Bonchev–Trinajstić information content (AvgIpc) is 3.33. The third-order valence-corrected chi connectivity index (χ3v) is 7.53. The van der Waals surface area contributed by atoms with Crippen molar-refractivity contribution in [2.75, 3.05) is 0 Å². The van der Waals surface area contributed by atoms with Gasteiger partial charge >= 0.3 is 35.8 Å². The molecule has 1 heterocycles. The minimum atomic E-state index is -1.52. The van der Waals surface area contributed by atoms with Crippen LogP contribution in [-0.2, 0) is 23.7 Å². The molecule has 1 atom stereocenters. The van der Waals surface area contributed by atoms with Crippen molar-refractivity contribution in [2.24, 2.45) is 0 Å². The zero-order chi connectivity index (χ0) is 46.5. The lowest BCUT2D eigenvalue weighted by Crippen LogP contribution is -2.26. The Morgan fingerprint density at radius 3 is 1.37 bits per heavy atom. The van der Waals surface area contributed by atoms with Gasteiger partial charge in [0.25, 0.3) is 0 Å². The summed E-state index contributed by atoms with van der Waals surface area (Å²) in [5, 5.41) is 17.8. The van der Waals surface area contributed by atoms with Crippen LogP contribution in [0.5, 0.6) is 0 Å². The molecule has 14 nitrogen and oxygen atoms in total. The van der Waals surface area contributed by atoms with Gasteiger partial charge in [0.2, 0.25) is 6.29 Å². The second-order valence-electron chi connectivity index (χ2n) is 16.8. The fourth-order valence-electron chi connectivity index (χ4n) is 4.58. The Morgan fingerprint density at radius 2 is 0.967 bits per heavy atom. The van der Waals surface area contributed by atoms with E-state index in [2.05, 4.69) is 20.7 Å². The monoisotopic (exact) mass is 910 g/mol. The maximum Gasteiger partial charge on any atom is 0.341 e. The molecule has 3 aromatic rings. The molecule has 0 saturated heterocycles. The molecule has 0 spiro atoms. The molecule has 0 fully saturated rings. The van der Waals surface area contributed by atoms with Gasteiger partial charge in [0.15, 0.2) is 6.29 Å². The predicted octanol–water partition coefficient (Wildman–Crippen LogP) is 8.73. The first kappa shape index (κ1) is 50.5. The molecule has 0 aromatic heterocycles. The molecule has 2 N–H and O–H groups in total. The van der Waals surface area contributed by atoms with Crippen molar-refractivity contribution >= 4 is 58.0 Å². The number of fused-ring (bicyclic) bond motifs is 1. The fraction of sp³-hybridized carbons (Fsp3) is 0.405. The number of carbonyl (C=O) groups is 7. The molecule has 60 heavy (non-hydrogen) atoms. The lowest BCUT2D eigenvalue weighted by molar-refractivity contribution is -0.0548. The van der Waals surface area contributed by atoms with Gasteiger partial charge in [-0.25, -0.2) is 41.9 Å². The van der Waals surface area contributed by atoms with E-state index in [1.165, 1.54) is 6.07 Å². The molecule has 3 aromatic carbocycles. The molecule has 0 bridgehead atoms. The van der Waals surface area contributed by atoms with E-state index < -0.39 is 93.1 Å². The van der Waals surface area contributed by atoms with E-state index in [4.69, 9.17) is 24.1 Å². The van der Waals surface area contributed by atoms with Gasteiger partial charge < -0.3 is 33.9 Å². The molecule has 0 saturated carbocycles. The van der Waals surface area contributed by atoms with Gasteiger partial charge in [0.05, 0.1) is 33.4 Å². The largest absolute Gasteiger partial charge is 0.478 e. The number of hydrogen-bond acceptors (Lipinski definition) is 13. The summed E-state index contributed by atoms with van der Waals surface area (Å²) in [6, 6.07) is 5.65. The Morgan fingerprint density at radius 1 is 0.600 bits per heavy atom. The predicted molar refractivity (Wildman–Crippen MR) is 210 cm³/mol. The van der Waals surface area contributed by atoms with Gasteiger partial charge in [-0.05, 0) is 135 Å². The first-order valence-corrected chi connectivity index (χ1v) is 18.6. The smallest absolute Gasteiger partial charge is 0.341 e. The number of hydrogen-bond donors (Lipinski definition) is 2. The number of halogens is 4. The summed E-state index contributed by atoms with van der Waals surface area (Å²) < 4.78 is 66.6. The van der Waals surface area contributed by atoms with Gasteiger partial charge in [-0.1, -0.05) is 0 Å². The molecule has 1 unspecified atom stereocenters. The highest BCUT2D eigenvalue weighted by Gasteiger charge is 2.32. The maximum absolute atomic E-state index is 14.2. The van der Waals surface area contributed by atoms with E-state index in [9.17, 15) is 51.8 Å². The molecule has 326 valence electrons. The Hall–Kier alpha value is -5.62. The Bertz CT molecular complexity index is 2140. The van der Waals surface area contributed by atoms with Crippen LogP contribution in [0.15, 0.2) is 40.9 Å². The first-order valence-electron chi connectivity index (χ1n) is 17.8. The van der Waals surface area contributed by atoms with E-state index >= 15 is 0 Å². The number of benzene rings is 3. The lowest BCUT2D eigenvalue weighted by Gasteiger charge is -2.21. The highest BCUT2D eigenvalue weighted by atomic mass is 79.9. The number of cyclic esters (lactones) is 1. The number of ether oxygens (including phenoxy) is 5. The van der Waals surface area contributed by atoms with Crippen LogP contribution in [-0.4, -0.2) is 74.7 Å². The van der Waals surface area contributed by atoms with Crippen molar-refractivity contribution in [3.63, 3.8) is 0 Å². The molecule has 1 aliphatic rings. The van der Waals surface area contributed by atoms with Gasteiger partial charge in [0.1, 0.15) is 39.9 Å². The Kier molecular flexibility index (Phi) is 16.2. The number of aromatic carboxylic acids is 1. The van der Waals surface area contributed by atoms with Crippen molar-refractivity contribution in [3.8, 4) is 0 Å². The van der Waals surface area contributed by atoms with E-state index in [-0.39, 0.29) is 37.9 Å². The van der Waals surface area contributed by atoms with Crippen molar-refractivity contribution < 1.29 is 80.6 Å². The van der Waals surface area contributed by atoms with E-state index in [0.29, 0.717) is 6.29 Å². The van der Waals surface area contributed by atoms with E-state index in [0.717, 1.165) is 30.3 Å².